The minimum Gasteiger partial charge on any atom is -0.496 e. The molecule has 0 aromatic heterocycles. The maximum atomic E-state index is 11.0. The van der Waals surface area contributed by atoms with E-state index in [0.717, 1.165) is 0 Å². The number of benzene rings is 2. The Labute approximate surface area is 164 Å². The second kappa shape index (κ2) is 8.84. The predicted molar refractivity (Wildman–Crippen MR) is 106 cm³/mol. The van der Waals surface area contributed by atoms with Gasteiger partial charge in [0.2, 0.25) is 0 Å². The molecule has 0 aliphatic rings. The van der Waals surface area contributed by atoms with E-state index in [9.17, 15) is 9.90 Å². The normalized spacial score (nSPS) is 13.2. The standard InChI is InChI=1S/C21H26O7/c1-13(22)28-12-21(2,23)10-9-14-11-17(26-5)18-15(24-3)7-8-16(25-4)19(18)20(14)27-6/h7-11,23H,12H2,1-6H3/b10-9+. The van der Waals surface area contributed by atoms with Crippen LogP contribution in [0.1, 0.15) is 19.4 Å². The van der Waals surface area contributed by atoms with Gasteiger partial charge in [0.05, 0.1) is 39.2 Å². The van der Waals surface area contributed by atoms with E-state index in [-0.39, 0.29) is 6.61 Å². The molecule has 7 heteroatoms. The molecule has 0 aliphatic heterocycles. The second-order valence-corrected chi connectivity index (χ2v) is 6.39. The number of carbonyl (C=O) groups is 1. The van der Waals surface area contributed by atoms with Crippen LogP contribution in [0.4, 0.5) is 0 Å². The van der Waals surface area contributed by atoms with E-state index < -0.39 is 11.6 Å². The highest BCUT2D eigenvalue weighted by molar-refractivity contribution is 6.04. The number of hydrogen-bond donors (Lipinski definition) is 1. The summed E-state index contributed by atoms with van der Waals surface area (Å²) in [6, 6.07) is 5.36. The lowest BCUT2D eigenvalue weighted by atomic mass is 9.99. The Morgan fingerprint density at radius 3 is 2.07 bits per heavy atom. The minimum atomic E-state index is -1.35. The van der Waals surface area contributed by atoms with E-state index >= 15 is 0 Å². The number of carbonyl (C=O) groups excluding carboxylic acids is 1. The van der Waals surface area contributed by atoms with Gasteiger partial charge in [-0.25, -0.2) is 0 Å². The van der Waals surface area contributed by atoms with Crippen LogP contribution in [0.5, 0.6) is 23.0 Å². The van der Waals surface area contributed by atoms with Crippen molar-refractivity contribution in [2.24, 2.45) is 0 Å². The van der Waals surface area contributed by atoms with Crippen LogP contribution in [0.25, 0.3) is 16.8 Å². The zero-order chi connectivity index (χ0) is 20.9. The van der Waals surface area contributed by atoms with Crippen LogP contribution in [-0.4, -0.2) is 51.7 Å². The van der Waals surface area contributed by atoms with Gasteiger partial charge in [-0.15, -0.1) is 0 Å². The van der Waals surface area contributed by atoms with E-state index in [1.54, 1.807) is 59.6 Å². The number of methoxy groups -OCH3 is 4. The molecule has 7 nitrogen and oxygen atoms in total. The first-order chi connectivity index (χ1) is 13.3. The van der Waals surface area contributed by atoms with E-state index in [2.05, 4.69) is 0 Å². The summed E-state index contributed by atoms with van der Waals surface area (Å²) in [6.07, 6.45) is 3.22. The molecule has 1 N–H and O–H groups in total. The zero-order valence-corrected chi connectivity index (χ0v) is 17.0. The Morgan fingerprint density at radius 2 is 1.57 bits per heavy atom. The molecule has 1 unspecified atom stereocenters. The van der Waals surface area contributed by atoms with Crippen LogP contribution in [-0.2, 0) is 9.53 Å². The lowest BCUT2D eigenvalue weighted by Gasteiger charge is -2.20. The molecule has 1 atom stereocenters. The monoisotopic (exact) mass is 390 g/mol. The summed E-state index contributed by atoms with van der Waals surface area (Å²) in [7, 11) is 6.26. The lowest BCUT2D eigenvalue weighted by Crippen LogP contribution is -2.28. The Balaban J connectivity index is 2.67. The summed E-state index contributed by atoms with van der Waals surface area (Å²) < 4.78 is 27.1. The van der Waals surface area contributed by atoms with Crippen LogP contribution in [0.3, 0.4) is 0 Å². The van der Waals surface area contributed by atoms with Crippen LogP contribution in [0, 0.1) is 0 Å². The first kappa shape index (κ1) is 21.4. The Morgan fingerprint density at radius 1 is 1.00 bits per heavy atom. The summed E-state index contributed by atoms with van der Waals surface area (Å²) in [4.78, 5) is 11.0. The van der Waals surface area contributed by atoms with Crippen molar-refractivity contribution >= 4 is 22.8 Å². The van der Waals surface area contributed by atoms with Gasteiger partial charge in [-0.1, -0.05) is 6.08 Å². The van der Waals surface area contributed by atoms with Crippen LogP contribution in [0.15, 0.2) is 24.3 Å². The highest BCUT2D eigenvalue weighted by Gasteiger charge is 2.22. The van der Waals surface area contributed by atoms with Crippen molar-refractivity contribution < 1.29 is 33.6 Å². The van der Waals surface area contributed by atoms with Crippen molar-refractivity contribution in [3.8, 4) is 23.0 Å². The second-order valence-electron chi connectivity index (χ2n) is 6.39. The molecule has 0 aliphatic carbocycles. The molecule has 0 saturated heterocycles. The molecule has 2 aromatic rings. The average Bonchev–Trinajstić information content (AvgIpc) is 2.69. The highest BCUT2D eigenvalue weighted by atomic mass is 16.5. The zero-order valence-electron chi connectivity index (χ0n) is 17.0. The summed E-state index contributed by atoms with van der Waals surface area (Å²) in [5.74, 6) is 1.84. The van der Waals surface area contributed by atoms with Gasteiger partial charge in [-0.3, -0.25) is 4.79 Å². The quantitative estimate of drug-likeness (QED) is 0.693. The van der Waals surface area contributed by atoms with Crippen molar-refractivity contribution in [3.63, 3.8) is 0 Å². The summed E-state index contributed by atoms with van der Waals surface area (Å²) >= 11 is 0. The molecule has 0 fully saturated rings. The summed E-state index contributed by atoms with van der Waals surface area (Å²) in [6.45, 7) is 2.67. The van der Waals surface area contributed by atoms with Crippen molar-refractivity contribution in [1.29, 1.82) is 0 Å². The molecular weight excluding hydrogens is 364 g/mol. The molecule has 0 radical (unpaired) electrons. The molecule has 28 heavy (non-hydrogen) atoms. The third-order valence-electron chi connectivity index (χ3n) is 4.20. The molecule has 0 amide bonds. The van der Waals surface area contributed by atoms with E-state index in [4.69, 9.17) is 23.7 Å². The van der Waals surface area contributed by atoms with E-state index in [1.807, 2.05) is 0 Å². The van der Waals surface area contributed by atoms with Gasteiger partial charge in [0, 0.05) is 12.5 Å². The number of esters is 1. The molecule has 2 aromatic carbocycles. The van der Waals surface area contributed by atoms with Gasteiger partial charge in [0.1, 0.15) is 35.2 Å². The predicted octanol–water partition coefficient (Wildman–Crippen LogP) is 3.20. The topological polar surface area (TPSA) is 83.5 Å². The van der Waals surface area contributed by atoms with Gasteiger partial charge in [0.25, 0.3) is 0 Å². The number of aliphatic hydroxyl groups is 1. The van der Waals surface area contributed by atoms with E-state index in [1.165, 1.54) is 13.0 Å². The van der Waals surface area contributed by atoms with Gasteiger partial charge in [-0.05, 0) is 31.2 Å². The smallest absolute Gasteiger partial charge is 0.302 e. The van der Waals surface area contributed by atoms with Crippen molar-refractivity contribution in [2.75, 3.05) is 35.0 Å². The average molecular weight is 390 g/mol. The maximum Gasteiger partial charge on any atom is 0.302 e. The maximum absolute atomic E-state index is 11.0. The fraction of sp³-hybridized carbons (Fsp3) is 0.381. The van der Waals surface area contributed by atoms with Crippen molar-refractivity contribution in [2.45, 2.75) is 19.4 Å². The molecule has 0 saturated carbocycles. The summed E-state index contributed by atoms with van der Waals surface area (Å²) in [5.41, 5.74) is -0.696. The molecule has 0 heterocycles. The summed E-state index contributed by atoms with van der Waals surface area (Å²) in [5, 5.41) is 11.8. The third-order valence-corrected chi connectivity index (χ3v) is 4.20. The highest BCUT2D eigenvalue weighted by Crippen LogP contribution is 2.46. The first-order valence-corrected chi connectivity index (χ1v) is 8.62. The fourth-order valence-corrected chi connectivity index (χ4v) is 2.87. The van der Waals surface area contributed by atoms with Gasteiger partial charge in [-0.2, -0.15) is 0 Å². The SMILES string of the molecule is COc1ccc(OC)c2c(OC)c(/C=C/C(C)(O)COC(C)=O)cc(OC)c12. The molecular formula is C21H26O7. The van der Waals surface area contributed by atoms with Crippen LogP contribution >= 0.6 is 0 Å². The first-order valence-electron chi connectivity index (χ1n) is 8.62. The Hall–Kier alpha value is -2.93. The largest absolute Gasteiger partial charge is 0.496 e. The molecule has 0 bridgehead atoms. The Bertz CT molecular complexity index is 884. The Kier molecular flexibility index (Phi) is 6.75. The third kappa shape index (κ3) is 4.48. The number of fused-ring (bicyclic) bond motifs is 1. The van der Waals surface area contributed by atoms with E-state index in [0.29, 0.717) is 39.3 Å². The van der Waals surface area contributed by atoms with Gasteiger partial charge in [0.15, 0.2) is 0 Å². The molecule has 152 valence electrons. The lowest BCUT2D eigenvalue weighted by molar-refractivity contribution is -0.145. The van der Waals surface area contributed by atoms with Gasteiger partial charge < -0.3 is 28.8 Å². The van der Waals surface area contributed by atoms with Crippen molar-refractivity contribution in [3.05, 3.63) is 29.8 Å². The van der Waals surface area contributed by atoms with Crippen LogP contribution in [0.2, 0.25) is 0 Å². The van der Waals surface area contributed by atoms with Gasteiger partial charge >= 0.3 is 5.97 Å². The minimum absolute atomic E-state index is 0.164. The fourth-order valence-electron chi connectivity index (χ4n) is 2.87. The molecule has 2 rings (SSSR count). The van der Waals surface area contributed by atoms with Crippen molar-refractivity contribution in [1.82, 2.24) is 0 Å². The number of ether oxygens (including phenoxy) is 5. The number of rotatable bonds is 8. The molecule has 0 spiro atoms. The van der Waals surface area contributed by atoms with Crippen LogP contribution < -0.4 is 18.9 Å². The number of hydrogen-bond acceptors (Lipinski definition) is 7.